The molecule has 0 spiro atoms. The van der Waals surface area contributed by atoms with Crippen molar-refractivity contribution in [1.29, 1.82) is 0 Å². The lowest BCUT2D eigenvalue weighted by Gasteiger charge is -2.27. The lowest BCUT2D eigenvalue weighted by Crippen LogP contribution is -2.45. The van der Waals surface area contributed by atoms with Crippen molar-refractivity contribution in [3.63, 3.8) is 0 Å². The molecule has 0 aromatic carbocycles. The molecule has 3 atom stereocenters. The summed E-state index contributed by atoms with van der Waals surface area (Å²) in [6.45, 7) is 11.3. The second kappa shape index (κ2) is 15.0. The topological polar surface area (TPSA) is 139 Å². The van der Waals surface area contributed by atoms with Crippen LogP contribution in [0.25, 0.3) is 0 Å². The summed E-state index contributed by atoms with van der Waals surface area (Å²) in [5, 5.41) is 18.2. The van der Waals surface area contributed by atoms with Crippen molar-refractivity contribution in [3.05, 3.63) is 28.2 Å². The van der Waals surface area contributed by atoms with Gasteiger partial charge < -0.3 is 25.2 Å². The van der Waals surface area contributed by atoms with Crippen molar-refractivity contribution in [1.82, 2.24) is 15.6 Å². The molecule has 0 radical (unpaired) electrons. The van der Waals surface area contributed by atoms with Gasteiger partial charge in [-0.1, -0.05) is 26.0 Å². The fraction of sp³-hybridized carbons (Fsp3) is 0.654. The van der Waals surface area contributed by atoms with Crippen LogP contribution in [0.5, 0.6) is 0 Å². The summed E-state index contributed by atoms with van der Waals surface area (Å²) >= 11 is 8.52. The van der Waals surface area contributed by atoms with Crippen LogP contribution in [-0.4, -0.2) is 74.6 Å². The lowest BCUT2D eigenvalue weighted by molar-refractivity contribution is -0.141. The molecule has 3 N–H and O–H groups in total. The number of carbonyl (C=O) groups excluding carboxylic acids is 2. The second-order valence-electron chi connectivity index (χ2n) is 10.7. The van der Waals surface area contributed by atoms with E-state index in [2.05, 4.69) is 20.6 Å². The molecule has 0 saturated heterocycles. The Hall–Kier alpha value is -2.15. The average Bonchev–Trinajstić information content (AvgIpc) is 3.46. The van der Waals surface area contributed by atoms with Crippen LogP contribution in [0.3, 0.4) is 0 Å². The fourth-order valence-corrected chi connectivity index (χ4v) is 5.28. The summed E-state index contributed by atoms with van der Waals surface area (Å²) in [6, 6.07) is -0.306. The summed E-state index contributed by atoms with van der Waals surface area (Å²) < 4.78 is 11.4. The largest absolute Gasteiger partial charge is 0.479 e. The minimum absolute atomic E-state index is 0.0772. The van der Waals surface area contributed by atoms with Crippen molar-refractivity contribution < 1.29 is 29.0 Å². The molecule has 39 heavy (non-hydrogen) atoms. The number of carboxylic acids is 1. The molecule has 0 aliphatic carbocycles. The van der Waals surface area contributed by atoms with Gasteiger partial charge in [-0.2, -0.15) is 0 Å². The van der Waals surface area contributed by atoms with E-state index in [1.165, 1.54) is 23.1 Å². The quantitative estimate of drug-likeness (QED) is 0.207. The number of hydrogen-bond donors (Lipinski definition) is 3. The van der Waals surface area contributed by atoms with Gasteiger partial charge in [-0.05, 0) is 40.0 Å². The Labute approximate surface area is 243 Å². The first-order valence-electron chi connectivity index (χ1n) is 12.7. The van der Waals surface area contributed by atoms with Gasteiger partial charge in [0.25, 0.3) is 0 Å². The molecule has 1 aliphatic heterocycles. The summed E-state index contributed by atoms with van der Waals surface area (Å²) in [5.41, 5.74) is -1.15. The zero-order valence-corrected chi connectivity index (χ0v) is 25.7. The van der Waals surface area contributed by atoms with E-state index < -0.39 is 29.3 Å². The highest BCUT2D eigenvalue weighted by atomic mass is 35.5. The van der Waals surface area contributed by atoms with Crippen molar-refractivity contribution in [2.45, 2.75) is 84.2 Å². The molecule has 13 heteroatoms. The van der Waals surface area contributed by atoms with Crippen LogP contribution >= 0.6 is 34.7 Å². The number of hydrogen-bond acceptors (Lipinski definition) is 9. The van der Waals surface area contributed by atoms with E-state index in [-0.39, 0.29) is 37.4 Å². The number of nitrogens with zero attached hydrogens (tertiary/aromatic N) is 2. The molecule has 1 aromatic heterocycles. The normalized spacial score (nSPS) is 19.1. The number of carboxylic acid groups (broad SMARTS) is 1. The van der Waals surface area contributed by atoms with Gasteiger partial charge in [0.1, 0.15) is 21.3 Å². The van der Waals surface area contributed by atoms with Crippen LogP contribution in [0.1, 0.15) is 65.1 Å². The number of thiazole rings is 1. The molecule has 2 heterocycles. The Morgan fingerprint density at radius 3 is 2.62 bits per heavy atom. The number of ether oxygens (including phenoxy) is 2. The van der Waals surface area contributed by atoms with E-state index in [9.17, 15) is 19.5 Å². The van der Waals surface area contributed by atoms with Gasteiger partial charge in [-0.15, -0.1) is 34.7 Å². The Morgan fingerprint density at radius 2 is 2.03 bits per heavy atom. The number of aliphatic imine (C=N–C) groups is 1. The number of alkyl carbamates (subject to hydrolysis) is 1. The molecule has 2 rings (SSSR count). The molecule has 10 nitrogen and oxygen atoms in total. The monoisotopic (exact) mass is 602 g/mol. The zero-order chi connectivity index (χ0) is 29.2. The SMILES string of the molecule is CC(C)C(CO[C@H](/C=C/CCCl)CC(=O)NCc1nc(C2=N[C@](C)(C(=O)O)CS2)cs1)NC(=O)OC(C)(C)C. The molecule has 1 aromatic rings. The third-order valence-electron chi connectivity index (χ3n) is 5.52. The summed E-state index contributed by atoms with van der Waals surface area (Å²) in [5.74, 6) is -0.310. The predicted octanol–water partition coefficient (Wildman–Crippen LogP) is 4.61. The number of amides is 2. The van der Waals surface area contributed by atoms with Gasteiger partial charge in [0, 0.05) is 17.0 Å². The molecule has 2 amide bonds. The first-order chi connectivity index (χ1) is 18.2. The number of carbonyl (C=O) groups is 3. The molecule has 1 unspecified atom stereocenters. The van der Waals surface area contributed by atoms with Crippen LogP contribution in [0, 0.1) is 5.92 Å². The van der Waals surface area contributed by atoms with E-state index in [0.29, 0.717) is 33.8 Å². The van der Waals surface area contributed by atoms with Crippen LogP contribution in [0.2, 0.25) is 0 Å². The van der Waals surface area contributed by atoms with Crippen molar-refractivity contribution >= 4 is 57.7 Å². The Balaban J connectivity index is 1.94. The van der Waals surface area contributed by atoms with Crippen molar-refractivity contribution in [2.75, 3.05) is 18.2 Å². The summed E-state index contributed by atoms with van der Waals surface area (Å²) in [7, 11) is 0. The van der Waals surface area contributed by atoms with Crippen LogP contribution in [0.15, 0.2) is 22.5 Å². The van der Waals surface area contributed by atoms with Crippen molar-refractivity contribution in [3.8, 4) is 0 Å². The van der Waals surface area contributed by atoms with E-state index >= 15 is 0 Å². The number of halogens is 1. The molecule has 218 valence electrons. The molecular formula is C26H39ClN4O6S2. The van der Waals surface area contributed by atoms with Gasteiger partial charge in [-0.3, -0.25) is 9.79 Å². The maximum atomic E-state index is 12.7. The zero-order valence-electron chi connectivity index (χ0n) is 23.3. The Morgan fingerprint density at radius 1 is 1.31 bits per heavy atom. The highest BCUT2D eigenvalue weighted by molar-refractivity contribution is 8.14. The van der Waals surface area contributed by atoms with Gasteiger partial charge in [0.05, 0.1) is 31.7 Å². The van der Waals surface area contributed by atoms with Crippen LogP contribution in [-0.2, 0) is 25.6 Å². The smallest absolute Gasteiger partial charge is 0.407 e. The molecule has 0 bridgehead atoms. The van der Waals surface area contributed by atoms with Gasteiger partial charge in [0.2, 0.25) is 5.91 Å². The number of aliphatic carboxylic acids is 1. The van der Waals surface area contributed by atoms with Gasteiger partial charge >= 0.3 is 12.1 Å². The third kappa shape index (κ3) is 11.5. The van der Waals surface area contributed by atoms with Gasteiger partial charge in [-0.25, -0.2) is 14.6 Å². The van der Waals surface area contributed by atoms with Crippen molar-refractivity contribution in [2.24, 2.45) is 10.9 Å². The number of alkyl halides is 1. The van der Waals surface area contributed by atoms with E-state index in [4.69, 9.17) is 21.1 Å². The fourth-order valence-electron chi connectivity index (χ4n) is 3.24. The summed E-state index contributed by atoms with van der Waals surface area (Å²) in [4.78, 5) is 45.3. The van der Waals surface area contributed by atoms with Crippen LogP contribution in [0.4, 0.5) is 4.79 Å². The lowest BCUT2D eigenvalue weighted by atomic mass is 10.1. The highest BCUT2D eigenvalue weighted by Gasteiger charge is 2.39. The molecular weight excluding hydrogens is 564 g/mol. The Kier molecular flexibility index (Phi) is 12.7. The molecule has 1 aliphatic rings. The average molecular weight is 603 g/mol. The standard InChI is InChI=1S/C26H39ClN4O6S2/c1-16(2)18(30-24(35)37-25(3,4)5)13-36-17(9-7-8-10-27)11-20(32)28-12-21-29-19(14-38-21)22-31-26(6,15-39-22)23(33)34/h7,9,14,16-18H,8,10-13,15H2,1-6H3,(H,28,32)(H,30,35)(H,33,34)/b9-7+/t17-,18?,26+/m1/s1. The number of nitrogens with one attached hydrogen (secondary N) is 2. The molecule has 0 fully saturated rings. The highest BCUT2D eigenvalue weighted by Crippen LogP contribution is 2.31. The van der Waals surface area contributed by atoms with Gasteiger partial charge in [0.15, 0.2) is 5.54 Å². The van der Waals surface area contributed by atoms with E-state index in [1.54, 1.807) is 27.7 Å². The number of aromatic nitrogens is 1. The van der Waals surface area contributed by atoms with Crippen LogP contribution < -0.4 is 10.6 Å². The minimum Gasteiger partial charge on any atom is -0.479 e. The second-order valence-corrected chi connectivity index (χ2v) is 13.0. The maximum absolute atomic E-state index is 12.7. The third-order valence-corrected chi connectivity index (χ3v) is 7.86. The first kappa shape index (κ1) is 33.1. The Bertz CT molecular complexity index is 1060. The van der Waals surface area contributed by atoms with E-state index in [1.807, 2.05) is 31.4 Å². The minimum atomic E-state index is -1.15. The predicted molar refractivity (Wildman–Crippen MR) is 156 cm³/mol. The molecule has 0 saturated carbocycles. The maximum Gasteiger partial charge on any atom is 0.407 e. The number of thioether (sulfide) groups is 1. The number of rotatable bonds is 14. The first-order valence-corrected chi connectivity index (χ1v) is 15.1. The van der Waals surface area contributed by atoms with E-state index in [0.717, 1.165) is 0 Å². The number of allylic oxidation sites excluding steroid dienone is 1. The summed E-state index contributed by atoms with van der Waals surface area (Å²) in [6.07, 6.45) is 3.36.